The highest BCUT2D eigenvalue weighted by Gasteiger charge is 2.19. The Balaban J connectivity index is 1.13. The second kappa shape index (κ2) is 21.0. The first-order valence-electron chi connectivity index (χ1n) is 21.5. The number of ether oxygens (including phenoxy) is 2. The van der Waals surface area contributed by atoms with Gasteiger partial charge in [-0.15, -0.1) is 11.3 Å². The third kappa shape index (κ3) is 10.4. The van der Waals surface area contributed by atoms with Crippen LogP contribution in [0.15, 0.2) is 115 Å². The number of unbranched alkanes of at least 4 members (excludes halogenated alkanes) is 6. The lowest BCUT2D eigenvalue weighted by atomic mass is 9.91. The molecule has 7 aromatic rings. The van der Waals surface area contributed by atoms with Crippen LogP contribution < -0.4 is 14.4 Å². The minimum Gasteiger partial charge on any atom is -0.494 e. The molecule has 1 N–H and O–H groups in total. The number of benzene rings is 5. The molecule has 7 rings (SSSR count). The number of aromatic nitrogens is 2. The lowest BCUT2D eigenvalue weighted by molar-refractivity contribution is -0.132. The van der Waals surface area contributed by atoms with Gasteiger partial charge >= 0.3 is 5.97 Å². The largest absolute Gasteiger partial charge is 0.494 e. The van der Waals surface area contributed by atoms with E-state index in [2.05, 4.69) is 116 Å². The summed E-state index contributed by atoms with van der Waals surface area (Å²) >= 11 is 2.92. The van der Waals surface area contributed by atoms with E-state index in [1.54, 1.807) is 17.4 Å². The smallest absolute Gasteiger partial charge is 0.346 e. The van der Waals surface area contributed by atoms with E-state index in [-0.39, 0.29) is 5.57 Å². The summed E-state index contributed by atoms with van der Waals surface area (Å²) in [5.74, 6) is 0.512. The maximum atomic E-state index is 11.5. The van der Waals surface area contributed by atoms with Crippen molar-refractivity contribution in [2.24, 2.45) is 0 Å². The molecule has 0 atom stereocenters. The number of nitrogens with zero attached hydrogens (tertiary/aromatic N) is 4. The molecular formula is C52H52N4O4S2. The first kappa shape index (κ1) is 43.8. The van der Waals surface area contributed by atoms with Crippen molar-refractivity contribution in [3.8, 4) is 49.6 Å². The van der Waals surface area contributed by atoms with E-state index in [0.29, 0.717) is 5.56 Å². The highest BCUT2D eigenvalue weighted by atomic mass is 32.1. The van der Waals surface area contributed by atoms with Gasteiger partial charge < -0.3 is 19.5 Å². The topological polar surface area (TPSA) is 109 Å². The molecule has 8 nitrogen and oxygen atoms in total. The number of thiophene rings is 1. The third-order valence-corrected chi connectivity index (χ3v) is 12.6. The van der Waals surface area contributed by atoms with Gasteiger partial charge in [0.25, 0.3) is 0 Å². The highest BCUT2D eigenvalue weighted by Crippen LogP contribution is 2.43. The second-order valence-corrected chi connectivity index (χ2v) is 17.1. The molecule has 0 amide bonds. The summed E-state index contributed by atoms with van der Waals surface area (Å²) in [4.78, 5) is 16.0. The Hall–Kier alpha value is -6.28. The molecule has 0 radical (unpaired) electrons. The van der Waals surface area contributed by atoms with E-state index in [1.165, 1.54) is 56.3 Å². The molecule has 5 aromatic carbocycles. The van der Waals surface area contributed by atoms with Gasteiger partial charge in [-0.2, -0.15) is 14.0 Å². The van der Waals surface area contributed by atoms with E-state index in [9.17, 15) is 15.2 Å². The molecule has 62 heavy (non-hydrogen) atoms. The molecule has 0 bridgehead atoms. The number of fused-ring (bicyclic) bond motifs is 1. The number of hydrogen-bond acceptors (Lipinski definition) is 9. The Kier molecular flexibility index (Phi) is 14.8. The number of hydrogen-bond donors (Lipinski definition) is 1. The number of nitriles is 1. The van der Waals surface area contributed by atoms with Gasteiger partial charge in [-0.25, -0.2) is 4.79 Å². The molecule has 0 aliphatic heterocycles. The van der Waals surface area contributed by atoms with Gasteiger partial charge in [0.15, 0.2) is 0 Å². The number of aryl methyl sites for hydroxylation is 2. The zero-order valence-electron chi connectivity index (χ0n) is 35.8. The summed E-state index contributed by atoms with van der Waals surface area (Å²) in [6.45, 7) is 9.88. The molecule has 0 saturated heterocycles. The Labute approximate surface area is 373 Å². The van der Waals surface area contributed by atoms with Crippen LogP contribution in [0.5, 0.6) is 11.5 Å². The lowest BCUT2D eigenvalue weighted by Gasteiger charge is -2.26. The van der Waals surface area contributed by atoms with Gasteiger partial charge in [-0.1, -0.05) is 88.8 Å². The minimum atomic E-state index is -1.24. The van der Waals surface area contributed by atoms with Gasteiger partial charge in [0.2, 0.25) is 0 Å². The fourth-order valence-corrected chi connectivity index (χ4v) is 9.37. The standard InChI is InChI=1S/C52H52N4O4S2/c1-5-7-9-11-29-59-43-21-17-41(18-22-43)56(42-19-23-44(24-20-42)60-30-12-10-8-6-2)40-15-13-38(14-16-40)47-27-28-48(61-47)45-25-26-46(51-50(45)54-62-55-51)49-35(3)31-37(32-36(49)4)33-39(34-53)52(57)58/h13-28,31-33H,5-12,29-30H2,1-4H3,(H,57,58)/b39-33-. The summed E-state index contributed by atoms with van der Waals surface area (Å²) in [6, 6.07) is 39.6. The van der Waals surface area contributed by atoms with Crippen molar-refractivity contribution in [3.05, 3.63) is 131 Å². The van der Waals surface area contributed by atoms with Crippen molar-refractivity contribution in [1.29, 1.82) is 5.26 Å². The van der Waals surface area contributed by atoms with Crippen molar-refractivity contribution in [3.63, 3.8) is 0 Å². The van der Waals surface area contributed by atoms with Gasteiger partial charge in [0, 0.05) is 37.9 Å². The lowest BCUT2D eigenvalue weighted by Crippen LogP contribution is -2.10. The van der Waals surface area contributed by atoms with Gasteiger partial charge in [-0.3, -0.25) is 0 Å². The molecule has 0 aliphatic carbocycles. The normalized spacial score (nSPS) is 11.4. The molecular weight excluding hydrogens is 809 g/mol. The Morgan fingerprint density at radius 3 is 1.69 bits per heavy atom. The van der Waals surface area contributed by atoms with Crippen LogP contribution in [0.25, 0.3) is 49.1 Å². The number of rotatable bonds is 20. The van der Waals surface area contributed by atoms with Gasteiger partial charge in [0.1, 0.15) is 34.2 Å². The molecule has 0 saturated carbocycles. The molecule has 2 heterocycles. The predicted molar refractivity (Wildman–Crippen MR) is 256 cm³/mol. The SMILES string of the molecule is CCCCCCOc1ccc(N(c2ccc(OCCCCCC)cc2)c2ccc(-c3ccc(-c4ccc(-c5c(C)cc(/C=C(/C#N)C(=O)O)cc5C)c5nsnc45)s3)cc2)cc1. The average Bonchev–Trinajstić information content (AvgIpc) is 3.98. The first-order valence-corrected chi connectivity index (χ1v) is 23.0. The van der Waals surface area contributed by atoms with Crippen LogP contribution in [0.1, 0.15) is 81.9 Å². The van der Waals surface area contributed by atoms with Gasteiger partial charge in [0.05, 0.1) is 24.9 Å². The number of anilines is 3. The van der Waals surface area contributed by atoms with Crippen LogP contribution in [0.3, 0.4) is 0 Å². The number of aliphatic carboxylic acids is 1. The number of carboxylic acid groups (broad SMARTS) is 1. The summed E-state index contributed by atoms with van der Waals surface area (Å²) in [5.41, 5.74) is 11.2. The maximum Gasteiger partial charge on any atom is 0.346 e. The van der Waals surface area contributed by atoms with E-state index < -0.39 is 5.97 Å². The van der Waals surface area contributed by atoms with Crippen LogP contribution in [0.4, 0.5) is 17.1 Å². The summed E-state index contributed by atoms with van der Waals surface area (Å²) in [6.07, 6.45) is 10.8. The van der Waals surface area contributed by atoms with Crippen molar-refractivity contribution in [2.75, 3.05) is 18.1 Å². The zero-order valence-corrected chi connectivity index (χ0v) is 37.5. The fourth-order valence-electron chi connectivity index (χ4n) is 7.76. The van der Waals surface area contributed by atoms with E-state index in [4.69, 9.17) is 18.2 Å². The predicted octanol–water partition coefficient (Wildman–Crippen LogP) is 14.8. The van der Waals surface area contributed by atoms with Gasteiger partial charge in [-0.05, 0) is 133 Å². The van der Waals surface area contributed by atoms with Crippen LogP contribution in [0, 0.1) is 25.2 Å². The average molecular weight is 861 g/mol. The quantitative estimate of drug-likeness (QED) is 0.0458. The summed E-state index contributed by atoms with van der Waals surface area (Å²) < 4.78 is 21.7. The molecule has 2 aromatic heterocycles. The molecule has 10 heteroatoms. The molecule has 0 fully saturated rings. The van der Waals surface area contributed by atoms with Crippen LogP contribution >= 0.6 is 23.1 Å². The maximum absolute atomic E-state index is 11.5. The molecule has 0 spiro atoms. The van der Waals surface area contributed by atoms with Crippen LogP contribution in [-0.2, 0) is 4.79 Å². The van der Waals surface area contributed by atoms with Crippen molar-refractivity contribution >= 4 is 63.2 Å². The van der Waals surface area contributed by atoms with E-state index >= 15 is 0 Å². The second-order valence-electron chi connectivity index (χ2n) is 15.5. The zero-order chi connectivity index (χ0) is 43.4. The van der Waals surface area contributed by atoms with Crippen molar-refractivity contribution < 1.29 is 19.4 Å². The molecule has 316 valence electrons. The summed E-state index contributed by atoms with van der Waals surface area (Å²) in [7, 11) is 0. The fraction of sp³-hybridized carbons (Fsp3) is 0.269. The van der Waals surface area contributed by atoms with E-state index in [1.807, 2.05) is 26.0 Å². The van der Waals surface area contributed by atoms with Crippen molar-refractivity contribution in [1.82, 2.24) is 8.75 Å². The first-order chi connectivity index (χ1) is 30.3. The Bertz CT molecular complexity index is 2600. The minimum absolute atomic E-state index is 0.305. The van der Waals surface area contributed by atoms with Crippen LogP contribution in [0.2, 0.25) is 0 Å². The number of carboxylic acids is 1. The monoisotopic (exact) mass is 860 g/mol. The third-order valence-electron chi connectivity index (χ3n) is 10.9. The number of carbonyl (C=O) groups is 1. The van der Waals surface area contributed by atoms with Crippen molar-refractivity contribution in [2.45, 2.75) is 79.1 Å². The summed E-state index contributed by atoms with van der Waals surface area (Å²) in [5, 5.41) is 18.6. The Morgan fingerprint density at radius 2 is 1.18 bits per heavy atom. The highest BCUT2D eigenvalue weighted by molar-refractivity contribution is 7.19. The van der Waals surface area contributed by atoms with Crippen LogP contribution in [-0.4, -0.2) is 33.0 Å². The Morgan fingerprint density at radius 1 is 0.677 bits per heavy atom. The molecule has 0 unspecified atom stereocenters. The van der Waals surface area contributed by atoms with E-state index in [0.717, 1.165) is 109 Å². The molecule has 0 aliphatic rings.